The van der Waals surface area contributed by atoms with Crippen LogP contribution in [0, 0.1) is 18.3 Å². The molecule has 140 valence electrons. The van der Waals surface area contributed by atoms with Gasteiger partial charge in [0.25, 0.3) is 0 Å². The molecule has 0 bridgehead atoms. The van der Waals surface area contributed by atoms with Crippen molar-refractivity contribution in [3.05, 3.63) is 53.6 Å². The molecular weight excluding hydrogens is 358 g/mol. The molecule has 0 aliphatic rings. The molecule has 3 aromatic rings. The Morgan fingerprint density at radius 3 is 2.59 bits per heavy atom. The molecular formula is C21H23N3O2S. The monoisotopic (exact) mass is 381 g/mol. The zero-order valence-corrected chi connectivity index (χ0v) is 16.3. The minimum Gasteiger partial charge on any atom is -0.385 e. The third-order valence-corrected chi connectivity index (χ3v) is 5.27. The lowest BCUT2D eigenvalue weighted by atomic mass is 10.1. The van der Waals surface area contributed by atoms with Crippen molar-refractivity contribution < 1.29 is 8.76 Å². The van der Waals surface area contributed by atoms with Gasteiger partial charge >= 0.3 is 0 Å². The molecule has 1 atom stereocenters. The molecule has 0 aliphatic heterocycles. The van der Waals surface area contributed by atoms with Crippen LogP contribution in [0.15, 0.2) is 42.5 Å². The molecule has 0 saturated heterocycles. The van der Waals surface area contributed by atoms with E-state index in [-0.39, 0.29) is 5.75 Å². The van der Waals surface area contributed by atoms with E-state index in [9.17, 15) is 9.47 Å². The summed E-state index contributed by atoms with van der Waals surface area (Å²) in [4.78, 5) is 0. The van der Waals surface area contributed by atoms with Gasteiger partial charge in [-0.2, -0.15) is 5.26 Å². The van der Waals surface area contributed by atoms with E-state index in [1.165, 1.54) is 5.56 Å². The van der Waals surface area contributed by atoms with Crippen molar-refractivity contribution in [2.45, 2.75) is 26.8 Å². The minimum absolute atomic E-state index is 0.270. The third kappa shape index (κ3) is 4.05. The fourth-order valence-corrected chi connectivity index (χ4v) is 3.77. The van der Waals surface area contributed by atoms with Crippen LogP contribution in [0.2, 0.25) is 0 Å². The van der Waals surface area contributed by atoms with Crippen LogP contribution in [0.3, 0.4) is 0 Å². The van der Waals surface area contributed by atoms with E-state index in [1.807, 2.05) is 36.4 Å². The fraction of sp³-hybridized carbons (Fsp3) is 0.286. The molecule has 1 aromatic heterocycles. The molecule has 0 fully saturated rings. The summed E-state index contributed by atoms with van der Waals surface area (Å²) in [6.07, 6.45) is 0.632. The number of anilines is 1. The van der Waals surface area contributed by atoms with Gasteiger partial charge in [-0.05, 0) is 49.6 Å². The highest BCUT2D eigenvalue weighted by Crippen LogP contribution is 2.34. The zero-order chi connectivity index (χ0) is 19.4. The first-order valence-electron chi connectivity index (χ1n) is 9.00. The maximum absolute atomic E-state index is 10.7. The van der Waals surface area contributed by atoms with Crippen molar-refractivity contribution in [3.63, 3.8) is 0 Å². The Balaban J connectivity index is 1.93. The lowest BCUT2D eigenvalue weighted by Crippen LogP contribution is -2.06. The first kappa shape index (κ1) is 19.2. The standard InChI is InChI=1S/C21H23N3O2S/c1-3-24-20-13-15(2)5-10-18(20)19(14-22)21(24)16-6-8-17(9-7-16)23-11-4-12-27(25)26/h5-10,13,23H,3-4,11-12H2,1-2H3,(H,25,26). The molecule has 0 radical (unpaired) electrons. The van der Waals surface area contributed by atoms with Gasteiger partial charge in [0, 0.05) is 24.2 Å². The SMILES string of the molecule is CCn1c(-c2ccc(NCCCS(=O)O)cc2)c(C#N)c2ccc(C)cc21. The summed E-state index contributed by atoms with van der Waals surface area (Å²) in [5.74, 6) is 0.270. The molecule has 1 unspecified atom stereocenters. The van der Waals surface area contributed by atoms with Crippen molar-refractivity contribution in [1.82, 2.24) is 4.57 Å². The Bertz CT molecular complexity index is 1020. The van der Waals surface area contributed by atoms with Gasteiger partial charge < -0.3 is 14.4 Å². The number of hydrogen-bond donors (Lipinski definition) is 2. The van der Waals surface area contributed by atoms with Crippen LogP contribution in [0.4, 0.5) is 5.69 Å². The number of aryl methyl sites for hydroxylation is 2. The number of nitrogens with one attached hydrogen (secondary N) is 1. The second-order valence-electron chi connectivity index (χ2n) is 6.48. The van der Waals surface area contributed by atoms with E-state index in [4.69, 9.17) is 4.55 Å². The van der Waals surface area contributed by atoms with Gasteiger partial charge in [0.1, 0.15) is 6.07 Å². The van der Waals surface area contributed by atoms with E-state index in [0.717, 1.165) is 34.4 Å². The van der Waals surface area contributed by atoms with Gasteiger partial charge in [-0.1, -0.05) is 24.3 Å². The van der Waals surface area contributed by atoms with Gasteiger partial charge in [0.05, 0.1) is 22.5 Å². The highest BCUT2D eigenvalue weighted by atomic mass is 32.2. The van der Waals surface area contributed by atoms with Crippen LogP contribution >= 0.6 is 0 Å². The molecule has 2 aromatic carbocycles. The summed E-state index contributed by atoms with van der Waals surface area (Å²) in [5, 5.41) is 14.0. The number of hydrogen-bond acceptors (Lipinski definition) is 3. The van der Waals surface area contributed by atoms with Crippen LogP contribution in [0.5, 0.6) is 0 Å². The summed E-state index contributed by atoms with van der Waals surface area (Å²) >= 11 is -1.74. The lowest BCUT2D eigenvalue weighted by molar-refractivity contribution is 0.562. The maximum Gasteiger partial charge on any atom is 0.152 e. The van der Waals surface area contributed by atoms with Gasteiger partial charge in [-0.15, -0.1) is 0 Å². The Kier molecular flexibility index (Phi) is 5.94. The van der Waals surface area contributed by atoms with E-state index in [1.54, 1.807) is 0 Å². The van der Waals surface area contributed by atoms with Crippen LogP contribution in [-0.2, 0) is 17.6 Å². The summed E-state index contributed by atoms with van der Waals surface area (Å²) in [6, 6.07) is 16.6. The number of fused-ring (bicyclic) bond motifs is 1. The normalized spacial score (nSPS) is 12.1. The number of aromatic nitrogens is 1. The number of nitrogens with zero attached hydrogens (tertiary/aromatic N) is 2. The Labute approximate surface area is 161 Å². The zero-order valence-electron chi connectivity index (χ0n) is 15.5. The Hall–Kier alpha value is -2.62. The van der Waals surface area contributed by atoms with Gasteiger partial charge in [-0.3, -0.25) is 0 Å². The predicted octanol–water partition coefficient (Wildman–Crippen LogP) is 4.53. The predicted molar refractivity (Wildman–Crippen MR) is 111 cm³/mol. The molecule has 1 heterocycles. The first-order valence-corrected chi connectivity index (χ1v) is 10.3. The second kappa shape index (κ2) is 8.38. The molecule has 0 saturated carbocycles. The van der Waals surface area contributed by atoms with Crippen LogP contribution in [0.1, 0.15) is 24.5 Å². The largest absolute Gasteiger partial charge is 0.385 e. The average Bonchev–Trinajstić information content (AvgIpc) is 2.98. The fourth-order valence-electron chi connectivity index (χ4n) is 3.38. The third-order valence-electron chi connectivity index (χ3n) is 4.63. The van der Waals surface area contributed by atoms with Crippen molar-refractivity contribution >= 4 is 27.7 Å². The van der Waals surface area contributed by atoms with E-state index >= 15 is 0 Å². The molecule has 0 amide bonds. The van der Waals surface area contributed by atoms with E-state index in [2.05, 4.69) is 35.9 Å². The molecule has 6 heteroatoms. The molecule has 0 spiro atoms. The number of benzene rings is 2. The summed E-state index contributed by atoms with van der Waals surface area (Å²) in [6.45, 7) is 5.58. The first-order chi connectivity index (χ1) is 13.0. The summed E-state index contributed by atoms with van der Waals surface area (Å²) in [7, 11) is 0. The summed E-state index contributed by atoms with van der Waals surface area (Å²) in [5.41, 5.74) is 5.87. The molecule has 2 N–H and O–H groups in total. The Morgan fingerprint density at radius 1 is 1.22 bits per heavy atom. The van der Waals surface area contributed by atoms with Crippen LogP contribution < -0.4 is 5.32 Å². The number of nitriles is 1. The molecule has 0 aliphatic carbocycles. The van der Waals surface area contributed by atoms with Crippen LogP contribution in [-0.4, -0.2) is 25.6 Å². The smallest absolute Gasteiger partial charge is 0.152 e. The van der Waals surface area contributed by atoms with Crippen molar-refractivity contribution in [3.8, 4) is 17.3 Å². The molecule has 3 rings (SSSR count). The van der Waals surface area contributed by atoms with Crippen molar-refractivity contribution in [2.75, 3.05) is 17.6 Å². The van der Waals surface area contributed by atoms with Crippen LogP contribution in [0.25, 0.3) is 22.2 Å². The molecule has 5 nitrogen and oxygen atoms in total. The topological polar surface area (TPSA) is 78.1 Å². The van der Waals surface area contributed by atoms with Crippen molar-refractivity contribution in [2.24, 2.45) is 0 Å². The summed E-state index contributed by atoms with van der Waals surface area (Å²) < 4.78 is 21.7. The number of rotatable bonds is 7. The van der Waals surface area contributed by atoms with E-state index < -0.39 is 11.1 Å². The highest BCUT2D eigenvalue weighted by Gasteiger charge is 2.17. The second-order valence-corrected chi connectivity index (χ2v) is 7.53. The average molecular weight is 382 g/mol. The quantitative estimate of drug-likeness (QED) is 0.465. The molecule has 27 heavy (non-hydrogen) atoms. The lowest BCUT2D eigenvalue weighted by Gasteiger charge is -2.11. The minimum atomic E-state index is -1.74. The maximum atomic E-state index is 10.7. The van der Waals surface area contributed by atoms with Gasteiger partial charge in [0.15, 0.2) is 11.1 Å². The highest BCUT2D eigenvalue weighted by molar-refractivity contribution is 7.79. The Morgan fingerprint density at radius 2 is 1.96 bits per heavy atom. The van der Waals surface area contributed by atoms with Gasteiger partial charge in [-0.25, -0.2) is 4.21 Å². The van der Waals surface area contributed by atoms with Crippen molar-refractivity contribution in [1.29, 1.82) is 5.26 Å². The van der Waals surface area contributed by atoms with E-state index in [0.29, 0.717) is 18.5 Å². The van der Waals surface area contributed by atoms with Gasteiger partial charge in [0.2, 0.25) is 0 Å².